The highest BCUT2D eigenvalue weighted by molar-refractivity contribution is 8.11. The fourth-order valence-electron chi connectivity index (χ4n) is 3.29. The van der Waals surface area contributed by atoms with Crippen LogP contribution in [0.25, 0.3) is 0 Å². The van der Waals surface area contributed by atoms with Gasteiger partial charge in [0.25, 0.3) is 7.49 Å². The van der Waals surface area contributed by atoms with Crippen LogP contribution in [0.15, 0.2) is 91.0 Å². The van der Waals surface area contributed by atoms with Crippen molar-refractivity contribution in [2.45, 2.75) is 13.8 Å². The number of hydrogen-bond donors (Lipinski definition) is 0. The van der Waals surface area contributed by atoms with E-state index in [0.29, 0.717) is 13.2 Å². The maximum atomic E-state index is 6.91. The molecule has 3 nitrogen and oxygen atoms in total. The van der Waals surface area contributed by atoms with E-state index in [-0.39, 0.29) is 5.41 Å². The van der Waals surface area contributed by atoms with E-state index in [1.54, 1.807) is 0 Å². The monoisotopic (exact) mass is 443 g/mol. The summed E-state index contributed by atoms with van der Waals surface area (Å²) in [5.74, 6) is 0. The SMILES string of the molecule is CC1(C)COP(=S)(O[P+](c2ccccc2)(c2ccccc2)c2ccccc2)OC1. The van der Waals surface area contributed by atoms with Crippen LogP contribution in [0.3, 0.4) is 0 Å². The van der Waals surface area contributed by atoms with Crippen LogP contribution in [0.1, 0.15) is 13.8 Å². The molecule has 0 aromatic heterocycles. The molecular formula is C23H25O3P2S+. The van der Waals surface area contributed by atoms with Gasteiger partial charge < -0.3 is 9.05 Å². The summed E-state index contributed by atoms with van der Waals surface area (Å²) in [6, 6.07) is 31.0. The van der Waals surface area contributed by atoms with Crippen LogP contribution in [-0.2, 0) is 25.2 Å². The summed E-state index contributed by atoms with van der Waals surface area (Å²) in [5, 5.41) is 3.29. The Balaban J connectivity index is 1.90. The van der Waals surface area contributed by atoms with Gasteiger partial charge in [-0.3, -0.25) is 0 Å². The Morgan fingerprint density at radius 1 is 0.724 bits per heavy atom. The highest BCUT2D eigenvalue weighted by Crippen LogP contribution is 2.71. The maximum absolute atomic E-state index is 6.91. The molecule has 0 atom stereocenters. The lowest BCUT2D eigenvalue weighted by Crippen LogP contribution is -2.35. The normalized spacial score (nSPS) is 18.3. The Bertz CT molecular complexity index is 884. The quantitative estimate of drug-likeness (QED) is 0.506. The second-order valence-corrected chi connectivity index (χ2v) is 14.0. The first-order valence-electron chi connectivity index (χ1n) is 9.60. The molecule has 0 spiro atoms. The van der Waals surface area contributed by atoms with E-state index in [1.165, 1.54) is 0 Å². The summed E-state index contributed by atoms with van der Waals surface area (Å²) in [7, 11) is -2.53. The smallest absolute Gasteiger partial charge is 0.306 e. The first kappa shape index (κ1) is 20.9. The van der Waals surface area contributed by atoms with E-state index in [9.17, 15) is 0 Å². The molecule has 0 N–H and O–H groups in total. The van der Waals surface area contributed by atoms with E-state index in [1.807, 2.05) is 54.6 Å². The van der Waals surface area contributed by atoms with E-state index < -0.39 is 14.2 Å². The standard InChI is InChI=1S/C23H25O3P2S/c1-23(2)18-24-28(29,25-19-23)26-27(20-12-6-3-7-13-20,21-14-8-4-9-15-21)22-16-10-5-11-17-22/h3-17H,18-19H2,1-2H3/q+1. The van der Waals surface area contributed by atoms with Gasteiger partial charge >= 0.3 is 6.72 Å². The summed E-state index contributed by atoms with van der Waals surface area (Å²) < 4.78 is 19.1. The average molecular weight is 443 g/mol. The molecule has 0 unspecified atom stereocenters. The fourth-order valence-corrected chi connectivity index (χ4v) is 11.0. The van der Waals surface area contributed by atoms with E-state index in [4.69, 9.17) is 25.2 Å². The van der Waals surface area contributed by atoms with Crippen molar-refractivity contribution < 1.29 is 13.4 Å². The van der Waals surface area contributed by atoms with Gasteiger partial charge in [-0.25, -0.2) is 0 Å². The molecule has 4 rings (SSSR count). The second-order valence-electron chi connectivity index (χ2n) is 7.86. The van der Waals surface area contributed by atoms with Crippen LogP contribution in [0.5, 0.6) is 0 Å². The van der Waals surface area contributed by atoms with Crippen LogP contribution < -0.4 is 15.9 Å². The summed E-state index contributed by atoms with van der Waals surface area (Å²) in [6.45, 7) is 2.35. The minimum absolute atomic E-state index is 0.0704. The van der Waals surface area contributed by atoms with Gasteiger partial charge in [0.15, 0.2) is 0 Å². The van der Waals surface area contributed by atoms with Crippen molar-refractivity contribution in [3.8, 4) is 0 Å². The van der Waals surface area contributed by atoms with Crippen molar-refractivity contribution in [2.75, 3.05) is 13.2 Å². The summed E-state index contributed by atoms with van der Waals surface area (Å²) in [5.41, 5.74) is -0.0704. The highest BCUT2D eigenvalue weighted by atomic mass is 32.5. The molecule has 0 aliphatic carbocycles. The summed E-state index contributed by atoms with van der Waals surface area (Å²) >= 11 is 5.88. The van der Waals surface area contributed by atoms with Gasteiger partial charge in [-0.15, -0.1) is 4.31 Å². The fraction of sp³-hybridized carbons (Fsp3) is 0.217. The predicted octanol–water partition coefficient (Wildman–Crippen LogP) is 5.21. The van der Waals surface area contributed by atoms with Crippen LogP contribution in [-0.4, -0.2) is 13.2 Å². The maximum Gasteiger partial charge on any atom is 0.364 e. The van der Waals surface area contributed by atoms with Crippen molar-refractivity contribution in [3.63, 3.8) is 0 Å². The second kappa shape index (κ2) is 8.40. The van der Waals surface area contributed by atoms with Crippen molar-refractivity contribution in [3.05, 3.63) is 91.0 Å². The third kappa shape index (κ3) is 4.39. The molecular weight excluding hydrogens is 418 g/mol. The third-order valence-electron chi connectivity index (χ3n) is 4.81. The number of rotatable bonds is 5. The molecule has 3 aromatic rings. The third-order valence-corrected chi connectivity index (χ3v) is 11.8. The van der Waals surface area contributed by atoms with Crippen molar-refractivity contribution >= 4 is 41.9 Å². The Morgan fingerprint density at radius 2 is 1.07 bits per heavy atom. The zero-order valence-corrected chi connectivity index (χ0v) is 19.2. The first-order chi connectivity index (χ1) is 13.9. The van der Waals surface area contributed by atoms with Gasteiger partial charge in [0, 0.05) is 5.41 Å². The van der Waals surface area contributed by atoms with Crippen LogP contribution >= 0.6 is 14.2 Å². The van der Waals surface area contributed by atoms with Crippen molar-refractivity contribution in [1.29, 1.82) is 0 Å². The summed E-state index contributed by atoms with van der Waals surface area (Å²) in [6.07, 6.45) is 0. The molecule has 29 heavy (non-hydrogen) atoms. The molecule has 150 valence electrons. The molecule has 3 aromatic carbocycles. The van der Waals surface area contributed by atoms with Crippen LogP contribution in [0.4, 0.5) is 0 Å². The lowest BCUT2D eigenvalue weighted by Gasteiger charge is -2.37. The minimum atomic E-state index is -2.93. The van der Waals surface area contributed by atoms with Crippen LogP contribution in [0, 0.1) is 5.41 Å². The number of hydrogen-bond acceptors (Lipinski definition) is 4. The zero-order chi connectivity index (χ0) is 20.4. The molecule has 6 heteroatoms. The summed E-state index contributed by atoms with van der Waals surface area (Å²) in [4.78, 5) is 0. The van der Waals surface area contributed by atoms with Crippen molar-refractivity contribution in [1.82, 2.24) is 0 Å². The predicted molar refractivity (Wildman–Crippen MR) is 126 cm³/mol. The zero-order valence-electron chi connectivity index (χ0n) is 16.6. The van der Waals surface area contributed by atoms with Gasteiger partial charge in [0.2, 0.25) is 0 Å². The molecule has 1 heterocycles. The lowest BCUT2D eigenvalue weighted by molar-refractivity contribution is 0.0420. The molecule has 0 bridgehead atoms. The van der Waals surface area contributed by atoms with Gasteiger partial charge in [-0.05, 0) is 48.2 Å². The first-order valence-corrected chi connectivity index (χ1v) is 13.9. The van der Waals surface area contributed by atoms with E-state index >= 15 is 0 Å². The topological polar surface area (TPSA) is 27.7 Å². The molecule has 0 amide bonds. The molecule has 1 fully saturated rings. The molecule has 1 aliphatic heterocycles. The van der Waals surface area contributed by atoms with Gasteiger partial charge in [-0.1, -0.05) is 68.4 Å². The Labute approximate surface area is 178 Å². The number of benzene rings is 3. The largest absolute Gasteiger partial charge is 0.364 e. The minimum Gasteiger partial charge on any atom is -0.306 e. The highest BCUT2D eigenvalue weighted by Gasteiger charge is 2.54. The lowest BCUT2D eigenvalue weighted by atomic mass is 9.97. The molecule has 0 radical (unpaired) electrons. The Morgan fingerprint density at radius 3 is 1.41 bits per heavy atom. The van der Waals surface area contributed by atoms with Crippen LogP contribution in [0.2, 0.25) is 0 Å². The van der Waals surface area contributed by atoms with Gasteiger partial charge in [0.05, 0.1) is 13.2 Å². The van der Waals surface area contributed by atoms with E-state index in [2.05, 4.69) is 50.2 Å². The molecule has 1 aliphatic rings. The Hall–Kier alpha value is -1.38. The molecule has 0 saturated carbocycles. The van der Waals surface area contributed by atoms with Gasteiger partial charge in [0.1, 0.15) is 15.9 Å². The van der Waals surface area contributed by atoms with Crippen molar-refractivity contribution in [2.24, 2.45) is 5.41 Å². The van der Waals surface area contributed by atoms with Gasteiger partial charge in [-0.2, -0.15) is 0 Å². The Kier molecular flexibility index (Phi) is 6.04. The molecule has 1 saturated heterocycles. The average Bonchev–Trinajstić information content (AvgIpc) is 2.77. The van der Waals surface area contributed by atoms with E-state index in [0.717, 1.165) is 15.9 Å².